The highest BCUT2D eigenvalue weighted by Gasteiger charge is 2.21. The molecule has 1 aromatic heterocycles. The Kier molecular flexibility index (Phi) is 4.74. The predicted molar refractivity (Wildman–Crippen MR) is 76.0 cm³/mol. The topological polar surface area (TPSA) is 46.6 Å². The highest BCUT2D eigenvalue weighted by atomic mass is 32.2. The van der Waals surface area contributed by atoms with Crippen LogP contribution < -0.4 is 4.74 Å². The molecule has 20 heavy (non-hydrogen) atoms. The van der Waals surface area contributed by atoms with Crippen LogP contribution >= 0.6 is 11.3 Å². The number of sulfonamides is 1. The van der Waals surface area contributed by atoms with Gasteiger partial charge in [-0.25, -0.2) is 12.8 Å². The molecule has 0 radical (unpaired) electrons. The van der Waals surface area contributed by atoms with Gasteiger partial charge in [0.05, 0.1) is 0 Å². The van der Waals surface area contributed by atoms with Crippen LogP contribution in [0.5, 0.6) is 5.75 Å². The van der Waals surface area contributed by atoms with Gasteiger partial charge in [0.1, 0.15) is 10.8 Å². The summed E-state index contributed by atoms with van der Waals surface area (Å²) in [6.45, 7) is 0.233. The predicted octanol–water partition coefficient (Wildman–Crippen LogP) is 2.59. The van der Waals surface area contributed by atoms with E-state index in [4.69, 9.17) is 4.74 Å². The zero-order valence-corrected chi connectivity index (χ0v) is 12.5. The molecule has 0 saturated carbocycles. The van der Waals surface area contributed by atoms with Crippen molar-refractivity contribution in [2.75, 3.05) is 20.2 Å². The number of likely N-dealkylation sites (N-methyl/N-ethyl adjacent to an activating group) is 1. The maximum atomic E-state index is 13.3. The molecule has 0 bridgehead atoms. The van der Waals surface area contributed by atoms with Gasteiger partial charge in [0.25, 0.3) is 10.0 Å². The van der Waals surface area contributed by atoms with E-state index in [2.05, 4.69) is 0 Å². The molecule has 1 heterocycles. The van der Waals surface area contributed by atoms with Crippen molar-refractivity contribution in [1.82, 2.24) is 4.31 Å². The molecule has 0 amide bonds. The Labute approximate surface area is 121 Å². The van der Waals surface area contributed by atoms with E-state index in [1.165, 1.54) is 23.5 Å². The second-order valence-electron chi connectivity index (χ2n) is 4.04. The van der Waals surface area contributed by atoms with Crippen LogP contribution in [0.4, 0.5) is 4.39 Å². The van der Waals surface area contributed by atoms with Gasteiger partial charge in [0.2, 0.25) is 0 Å². The van der Waals surface area contributed by atoms with E-state index in [0.29, 0.717) is 0 Å². The van der Waals surface area contributed by atoms with E-state index in [0.717, 1.165) is 11.3 Å². The van der Waals surface area contributed by atoms with Crippen LogP contribution in [-0.4, -0.2) is 32.9 Å². The van der Waals surface area contributed by atoms with Gasteiger partial charge in [-0.1, -0.05) is 18.2 Å². The molecule has 0 spiro atoms. The molecule has 0 aliphatic rings. The van der Waals surface area contributed by atoms with Crippen molar-refractivity contribution in [3.63, 3.8) is 0 Å². The van der Waals surface area contributed by atoms with Crippen LogP contribution in [0.2, 0.25) is 0 Å². The molecule has 2 rings (SSSR count). The fourth-order valence-corrected chi connectivity index (χ4v) is 3.89. The number of benzene rings is 1. The Morgan fingerprint density at radius 2 is 2.00 bits per heavy atom. The van der Waals surface area contributed by atoms with E-state index in [-0.39, 0.29) is 23.1 Å². The fraction of sp³-hybridized carbons (Fsp3) is 0.231. The number of hydrogen-bond donors (Lipinski definition) is 0. The summed E-state index contributed by atoms with van der Waals surface area (Å²) in [5.74, 6) is -0.342. The van der Waals surface area contributed by atoms with E-state index < -0.39 is 15.8 Å². The first kappa shape index (κ1) is 15.0. The summed E-state index contributed by atoms with van der Waals surface area (Å²) in [5, 5.41) is 1.70. The van der Waals surface area contributed by atoms with Gasteiger partial charge in [0.15, 0.2) is 11.6 Å². The zero-order valence-electron chi connectivity index (χ0n) is 10.8. The third-order valence-corrected chi connectivity index (χ3v) is 5.89. The van der Waals surface area contributed by atoms with Crippen LogP contribution in [0, 0.1) is 5.82 Å². The van der Waals surface area contributed by atoms with Crippen molar-refractivity contribution >= 4 is 21.4 Å². The van der Waals surface area contributed by atoms with Crippen molar-refractivity contribution in [3.05, 3.63) is 47.6 Å². The number of nitrogens with zero attached hydrogens (tertiary/aromatic N) is 1. The minimum absolute atomic E-state index is 0.0854. The first-order valence-corrected chi connectivity index (χ1v) is 8.21. The first-order valence-electron chi connectivity index (χ1n) is 5.89. The third kappa shape index (κ3) is 3.36. The summed E-state index contributed by atoms with van der Waals surface area (Å²) < 4.78 is 44.3. The number of thiophene rings is 1. The average molecular weight is 315 g/mol. The van der Waals surface area contributed by atoms with Gasteiger partial charge in [-0.15, -0.1) is 11.3 Å². The van der Waals surface area contributed by atoms with Gasteiger partial charge in [-0.2, -0.15) is 4.31 Å². The Bertz CT molecular complexity index is 656. The Morgan fingerprint density at radius 1 is 1.25 bits per heavy atom. The second-order valence-corrected chi connectivity index (χ2v) is 7.26. The smallest absolute Gasteiger partial charge is 0.252 e. The molecule has 1 aromatic carbocycles. The van der Waals surface area contributed by atoms with Crippen LogP contribution in [0.3, 0.4) is 0 Å². The molecule has 0 aliphatic carbocycles. The molecule has 0 N–H and O–H groups in total. The summed E-state index contributed by atoms with van der Waals surface area (Å²) in [4.78, 5) is 0. The summed E-state index contributed by atoms with van der Waals surface area (Å²) in [6, 6.07) is 9.25. The summed E-state index contributed by atoms with van der Waals surface area (Å²) in [7, 11) is -2.01. The first-order chi connectivity index (χ1) is 9.51. The van der Waals surface area contributed by atoms with Gasteiger partial charge in [-0.3, -0.25) is 0 Å². The molecule has 0 saturated heterocycles. The lowest BCUT2D eigenvalue weighted by Gasteiger charge is -2.16. The van der Waals surface area contributed by atoms with E-state index in [1.54, 1.807) is 29.6 Å². The zero-order chi connectivity index (χ0) is 14.6. The highest BCUT2D eigenvalue weighted by molar-refractivity contribution is 7.91. The Hall–Kier alpha value is -1.44. The third-order valence-electron chi connectivity index (χ3n) is 2.66. The van der Waals surface area contributed by atoms with Gasteiger partial charge >= 0.3 is 0 Å². The Morgan fingerprint density at radius 3 is 2.65 bits per heavy atom. The van der Waals surface area contributed by atoms with Crippen LogP contribution in [0.1, 0.15) is 0 Å². The molecule has 4 nitrogen and oxygen atoms in total. The van der Waals surface area contributed by atoms with Crippen molar-refractivity contribution in [2.45, 2.75) is 4.21 Å². The second kappa shape index (κ2) is 6.34. The quantitative estimate of drug-likeness (QED) is 0.823. The van der Waals surface area contributed by atoms with E-state index in [1.807, 2.05) is 0 Å². The minimum Gasteiger partial charge on any atom is -0.489 e. The van der Waals surface area contributed by atoms with Crippen LogP contribution in [0.15, 0.2) is 46.0 Å². The molecular weight excluding hydrogens is 301 g/mol. The molecule has 0 atom stereocenters. The monoisotopic (exact) mass is 315 g/mol. The molecule has 7 heteroatoms. The minimum atomic E-state index is -3.48. The number of para-hydroxylation sites is 1. The SMILES string of the molecule is CN(CCOc1ccccc1F)S(=O)(=O)c1cccs1. The maximum Gasteiger partial charge on any atom is 0.252 e. The van der Waals surface area contributed by atoms with E-state index in [9.17, 15) is 12.8 Å². The molecule has 0 fully saturated rings. The summed E-state index contributed by atoms with van der Waals surface area (Å²) in [6.07, 6.45) is 0. The van der Waals surface area contributed by atoms with Crippen LogP contribution in [-0.2, 0) is 10.0 Å². The molecule has 2 aromatic rings. The number of hydrogen-bond acceptors (Lipinski definition) is 4. The van der Waals surface area contributed by atoms with Crippen molar-refractivity contribution in [3.8, 4) is 5.75 Å². The lowest BCUT2D eigenvalue weighted by molar-refractivity contribution is 0.275. The standard InChI is InChI=1S/C13H14FNO3S2/c1-15(20(16,17)13-7-4-10-19-13)8-9-18-12-6-3-2-5-11(12)14/h2-7,10H,8-9H2,1H3. The number of rotatable bonds is 6. The number of ether oxygens (including phenoxy) is 1. The maximum absolute atomic E-state index is 13.3. The fourth-order valence-electron chi connectivity index (χ4n) is 1.53. The number of halogens is 1. The summed E-state index contributed by atoms with van der Waals surface area (Å²) in [5.41, 5.74) is 0. The molecular formula is C13H14FNO3S2. The Balaban J connectivity index is 1.93. The summed E-state index contributed by atoms with van der Waals surface area (Å²) >= 11 is 1.16. The van der Waals surface area contributed by atoms with Crippen molar-refractivity contribution < 1.29 is 17.5 Å². The normalized spacial score (nSPS) is 11.8. The largest absolute Gasteiger partial charge is 0.489 e. The molecule has 0 unspecified atom stereocenters. The lowest BCUT2D eigenvalue weighted by Crippen LogP contribution is -2.30. The van der Waals surface area contributed by atoms with Crippen molar-refractivity contribution in [2.24, 2.45) is 0 Å². The lowest BCUT2D eigenvalue weighted by atomic mass is 10.3. The van der Waals surface area contributed by atoms with Crippen LogP contribution in [0.25, 0.3) is 0 Å². The van der Waals surface area contributed by atoms with Gasteiger partial charge in [-0.05, 0) is 23.6 Å². The van der Waals surface area contributed by atoms with E-state index >= 15 is 0 Å². The highest BCUT2D eigenvalue weighted by Crippen LogP contribution is 2.20. The average Bonchev–Trinajstić information content (AvgIpc) is 2.95. The van der Waals surface area contributed by atoms with Gasteiger partial charge < -0.3 is 4.74 Å². The van der Waals surface area contributed by atoms with Gasteiger partial charge in [0, 0.05) is 13.6 Å². The van der Waals surface area contributed by atoms with Crippen molar-refractivity contribution in [1.29, 1.82) is 0 Å². The molecule has 108 valence electrons. The molecule has 0 aliphatic heterocycles.